The van der Waals surface area contributed by atoms with Gasteiger partial charge in [0.25, 0.3) is 5.91 Å². The summed E-state index contributed by atoms with van der Waals surface area (Å²) in [7, 11) is 0. The standard InChI is InChI=1S/C10H12N2O/c11-7-4-8-12-10(13)9-5-2-1-3-6-9/h2,5-6H,1,3-4,8H2,(H,12,13). The van der Waals surface area contributed by atoms with Gasteiger partial charge in [-0.1, -0.05) is 18.2 Å². The summed E-state index contributed by atoms with van der Waals surface area (Å²) in [5.41, 5.74) is 0.712. The molecule has 3 nitrogen and oxygen atoms in total. The Morgan fingerprint density at radius 2 is 2.46 bits per heavy atom. The second kappa shape index (κ2) is 5.15. The Morgan fingerprint density at radius 1 is 1.62 bits per heavy atom. The van der Waals surface area contributed by atoms with Crippen LogP contribution in [0.3, 0.4) is 0 Å². The first-order valence-corrected chi connectivity index (χ1v) is 4.36. The summed E-state index contributed by atoms with van der Waals surface area (Å²) in [5.74, 6) is -0.0776. The molecule has 68 valence electrons. The summed E-state index contributed by atoms with van der Waals surface area (Å²) in [6.07, 6.45) is 8.03. The lowest BCUT2D eigenvalue weighted by atomic mass is 10.1. The van der Waals surface area contributed by atoms with Crippen LogP contribution >= 0.6 is 0 Å². The van der Waals surface area contributed by atoms with Crippen LogP contribution in [0.1, 0.15) is 19.3 Å². The van der Waals surface area contributed by atoms with Gasteiger partial charge in [0.05, 0.1) is 12.5 Å². The molecule has 0 fully saturated rings. The zero-order chi connectivity index (χ0) is 9.52. The average Bonchev–Trinajstić information content (AvgIpc) is 2.19. The highest BCUT2D eigenvalue weighted by Gasteiger charge is 2.06. The molecule has 0 aromatic heterocycles. The van der Waals surface area contributed by atoms with E-state index in [1.165, 1.54) is 0 Å². The molecule has 0 saturated carbocycles. The van der Waals surface area contributed by atoms with Crippen molar-refractivity contribution in [3.05, 3.63) is 23.8 Å². The number of amides is 1. The van der Waals surface area contributed by atoms with Crippen LogP contribution in [0.4, 0.5) is 0 Å². The Bertz CT molecular complexity index is 284. The first kappa shape index (κ1) is 9.53. The molecule has 0 saturated heterocycles. The Hall–Kier alpha value is -1.56. The van der Waals surface area contributed by atoms with E-state index < -0.39 is 0 Å². The molecule has 0 radical (unpaired) electrons. The number of carbonyl (C=O) groups excluding carboxylic acids is 1. The number of rotatable bonds is 3. The van der Waals surface area contributed by atoms with E-state index in [4.69, 9.17) is 5.26 Å². The Labute approximate surface area is 77.7 Å². The predicted molar refractivity (Wildman–Crippen MR) is 49.7 cm³/mol. The van der Waals surface area contributed by atoms with Gasteiger partial charge in [0.1, 0.15) is 0 Å². The number of hydrogen-bond acceptors (Lipinski definition) is 2. The van der Waals surface area contributed by atoms with Gasteiger partial charge in [0.15, 0.2) is 0 Å². The summed E-state index contributed by atoms with van der Waals surface area (Å²) >= 11 is 0. The van der Waals surface area contributed by atoms with Gasteiger partial charge in [-0.3, -0.25) is 4.79 Å². The topological polar surface area (TPSA) is 52.9 Å². The fraction of sp³-hybridized carbons (Fsp3) is 0.400. The third kappa shape index (κ3) is 3.12. The Balaban J connectivity index is 2.35. The lowest BCUT2D eigenvalue weighted by molar-refractivity contribution is -0.117. The third-order valence-corrected chi connectivity index (χ3v) is 1.78. The minimum absolute atomic E-state index is 0.0776. The predicted octanol–water partition coefficient (Wildman–Crippen LogP) is 1.29. The minimum atomic E-state index is -0.0776. The molecule has 0 spiro atoms. The molecule has 0 unspecified atom stereocenters. The number of nitriles is 1. The molecule has 1 aliphatic rings. The molecule has 3 heteroatoms. The van der Waals surface area contributed by atoms with Gasteiger partial charge in [-0.05, 0) is 12.8 Å². The van der Waals surface area contributed by atoms with Crippen LogP contribution in [-0.2, 0) is 4.79 Å². The number of nitrogens with one attached hydrogen (secondary N) is 1. The number of nitrogens with zero attached hydrogens (tertiary/aromatic N) is 1. The van der Waals surface area contributed by atoms with Crippen molar-refractivity contribution in [3.8, 4) is 6.07 Å². The quantitative estimate of drug-likeness (QED) is 0.659. The Kier molecular flexibility index (Phi) is 3.77. The second-order valence-electron chi connectivity index (χ2n) is 2.80. The third-order valence-electron chi connectivity index (χ3n) is 1.78. The van der Waals surface area contributed by atoms with E-state index in [2.05, 4.69) is 5.32 Å². The van der Waals surface area contributed by atoms with Crippen LogP contribution in [0, 0.1) is 11.3 Å². The van der Waals surface area contributed by atoms with Crippen molar-refractivity contribution in [2.75, 3.05) is 6.54 Å². The molecular weight excluding hydrogens is 164 g/mol. The SMILES string of the molecule is N#CCCNC(=O)C1=CCCC=C1. The van der Waals surface area contributed by atoms with E-state index >= 15 is 0 Å². The van der Waals surface area contributed by atoms with E-state index in [1.54, 1.807) is 0 Å². The first-order valence-electron chi connectivity index (χ1n) is 4.36. The smallest absolute Gasteiger partial charge is 0.250 e. The van der Waals surface area contributed by atoms with Gasteiger partial charge in [0.2, 0.25) is 0 Å². The van der Waals surface area contributed by atoms with Crippen molar-refractivity contribution in [3.63, 3.8) is 0 Å². The van der Waals surface area contributed by atoms with Crippen LogP contribution in [-0.4, -0.2) is 12.5 Å². The molecule has 1 amide bonds. The highest BCUT2D eigenvalue weighted by atomic mass is 16.1. The van der Waals surface area contributed by atoms with Crippen LogP contribution in [0.25, 0.3) is 0 Å². The van der Waals surface area contributed by atoms with E-state index in [-0.39, 0.29) is 5.91 Å². The maximum atomic E-state index is 11.3. The molecule has 0 aliphatic heterocycles. The Morgan fingerprint density at radius 3 is 3.08 bits per heavy atom. The van der Waals surface area contributed by atoms with Crippen molar-refractivity contribution < 1.29 is 4.79 Å². The van der Waals surface area contributed by atoms with E-state index in [0.717, 1.165) is 12.8 Å². The maximum absolute atomic E-state index is 11.3. The minimum Gasteiger partial charge on any atom is -0.351 e. The number of carbonyl (C=O) groups is 1. The van der Waals surface area contributed by atoms with Crippen molar-refractivity contribution in [2.45, 2.75) is 19.3 Å². The summed E-state index contributed by atoms with van der Waals surface area (Å²) < 4.78 is 0. The summed E-state index contributed by atoms with van der Waals surface area (Å²) in [6.45, 7) is 0.431. The largest absolute Gasteiger partial charge is 0.351 e. The van der Waals surface area contributed by atoms with Gasteiger partial charge in [-0.25, -0.2) is 0 Å². The molecule has 0 atom stereocenters. The van der Waals surface area contributed by atoms with Crippen molar-refractivity contribution in [1.29, 1.82) is 5.26 Å². The molecule has 1 N–H and O–H groups in total. The molecule has 1 aliphatic carbocycles. The van der Waals surface area contributed by atoms with Gasteiger partial charge < -0.3 is 5.32 Å². The fourth-order valence-electron chi connectivity index (χ4n) is 1.12. The van der Waals surface area contributed by atoms with Crippen molar-refractivity contribution >= 4 is 5.91 Å². The van der Waals surface area contributed by atoms with Gasteiger partial charge in [-0.2, -0.15) is 5.26 Å². The highest BCUT2D eigenvalue weighted by Crippen LogP contribution is 2.08. The summed E-state index contributed by atoms with van der Waals surface area (Å²) in [6, 6.07) is 1.97. The molecular formula is C10H12N2O. The van der Waals surface area contributed by atoms with Crippen LogP contribution in [0.5, 0.6) is 0 Å². The monoisotopic (exact) mass is 176 g/mol. The van der Waals surface area contributed by atoms with Crippen molar-refractivity contribution in [1.82, 2.24) is 5.32 Å². The van der Waals surface area contributed by atoms with E-state index in [1.807, 2.05) is 24.3 Å². The van der Waals surface area contributed by atoms with Gasteiger partial charge in [0, 0.05) is 12.1 Å². The van der Waals surface area contributed by atoms with Crippen molar-refractivity contribution in [2.24, 2.45) is 0 Å². The molecule has 0 heterocycles. The lowest BCUT2D eigenvalue weighted by Gasteiger charge is -2.06. The molecule has 0 bridgehead atoms. The zero-order valence-electron chi connectivity index (χ0n) is 7.42. The maximum Gasteiger partial charge on any atom is 0.250 e. The summed E-state index contributed by atoms with van der Waals surface area (Å²) in [5, 5.41) is 10.9. The van der Waals surface area contributed by atoms with Gasteiger partial charge in [-0.15, -0.1) is 0 Å². The fourth-order valence-corrected chi connectivity index (χ4v) is 1.12. The zero-order valence-corrected chi connectivity index (χ0v) is 7.42. The number of allylic oxidation sites excluding steroid dienone is 2. The molecule has 13 heavy (non-hydrogen) atoms. The van der Waals surface area contributed by atoms with Gasteiger partial charge >= 0.3 is 0 Å². The molecule has 0 aromatic rings. The van der Waals surface area contributed by atoms with E-state index in [9.17, 15) is 4.79 Å². The normalized spacial score (nSPS) is 14.5. The lowest BCUT2D eigenvalue weighted by Crippen LogP contribution is -2.25. The number of hydrogen-bond donors (Lipinski definition) is 1. The molecule has 0 aromatic carbocycles. The molecule has 1 rings (SSSR count). The van der Waals surface area contributed by atoms with Crippen LogP contribution in [0.15, 0.2) is 23.8 Å². The average molecular weight is 176 g/mol. The van der Waals surface area contributed by atoms with Crippen LogP contribution in [0.2, 0.25) is 0 Å². The second-order valence-corrected chi connectivity index (χ2v) is 2.80. The van der Waals surface area contributed by atoms with E-state index in [0.29, 0.717) is 18.5 Å². The highest BCUT2D eigenvalue weighted by molar-refractivity contribution is 5.96. The summed E-state index contributed by atoms with van der Waals surface area (Å²) in [4.78, 5) is 11.3. The van der Waals surface area contributed by atoms with Crippen LogP contribution < -0.4 is 5.32 Å². The first-order chi connectivity index (χ1) is 6.34.